The lowest BCUT2D eigenvalue weighted by Gasteiger charge is -2.38. The zero-order chi connectivity index (χ0) is 19.0. The molecule has 3 aromatic carbocycles. The smallest absolute Gasteiger partial charge is 0.440 e. The number of methoxy groups -OCH3 is 1. The molecule has 1 aliphatic heterocycles. The van der Waals surface area contributed by atoms with Crippen molar-refractivity contribution < 1.29 is 19.4 Å². The summed E-state index contributed by atoms with van der Waals surface area (Å²) in [4.78, 5) is 23.8. The van der Waals surface area contributed by atoms with Gasteiger partial charge in [-0.05, 0) is 33.2 Å². The van der Waals surface area contributed by atoms with Gasteiger partial charge in [-0.15, -0.1) is 5.53 Å². The molecular formula is C19H18N4O4. The number of benzene rings is 3. The number of hydrazine groups is 3. The summed E-state index contributed by atoms with van der Waals surface area (Å²) < 4.78 is 4.72. The van der Waals surface area contributed by atoms with E-state index in [1.807, 2.05) is 48.5 Å². The van der Waals surface area contributed by atoms with E-state index in [1.165, 1.54) is 7.11 Å². The van der Waals surface area contributed by atoms with Gasteiger partial charge in [-0.3, -0.25) is 4.79 Å². The van der Waals surface area contributed by atoms with E-state index in [0.717, 1.165) is 32.2 Å². The summed E-state index contributed by atoms with van der Waals surface area (Å²) in [6.07, 6.45) is -0.694. The number of carbonyl (C=O) groups excluding carboxylic acids is 1. The standard InChI is InChI=1S/C19H18N4O4/c1-27-19(26)23-21-16(17(18(24)25)20-22-23)15-13-8-4-2-6-11(13)10-12-7-3-5-9-14(12)15/h2-10,16-17,20-22H,1H3,(H,24,25). The summed E-state index contributed by atoms with van der Waals surface area (Å²) in [7, 11) is 1.25. The van der Waals surface area contributed by atoms with Gasteiger partial charge in [0, 0.05) is 0 Å². The van der Waals surface area contributed by atoms with Crippen LogP contribution in [0.5, 0.6) is 0 Å². The monoisotopic (exact) mass is 366 g/mol. The third kappa shape index (κ3) is 2.95. The number of hydrogen-bond acceptors (Lipinski definition) is 6. The third-order valence-electron chi connectivity index (χ3n) is 4.68. The molecule has 1 fully saturated rings. The number of nitrogens with zero attached hydrogens (tertiary/aromatic N) is 1. The van der Waals surface area contributed by atoms with Gasteiger partial charge in [0.1, 0.15) is 6.04 Å². The highest BCUT2D eigenvalue weighted by Gasteiger charge is 2.38. The van der Waals surface area contributed by atoms with Crippen molar-refractivity contribution >= 4 is 33.6 Å². The molecule has 138 valence electrons. The Balaban J connectivity index is 1.95. The highest BCUT2D eigenvalue weighted by molar-refractivity contribution is 6.03. The topological polar surface area (TPSA) is 103 Å². The van der Waals surface area contributed by atoms with E-state index in [2.05, 4.69) is 22.5 Å². The summed E-state index contributed by atoms with van der Waals surface area (Å²) in [6, 6.07) is 15.9. The third-order valence-corrected chi connectivity index (χ3v) is 4.68. The van der Waals surface area contributed by atoms with E-state index in [-0.39, 0.29) is 0 Å². The molecule has 4 rings (SSSR count). The average molecular weight is 366 g/mol. The normalized spacial score (nSPS) is 20.0. The largest absolute Gasteiger partial charge is 0.480 e. The fourth-order valence-corrected chi connectivity index (χ4v) is 3.47. The summed E-state index contributed by atoms with van der Waals surface area (Å²) >= 11 is 0. The van der Waals surface area contributed by atoms with Crippen LogP contribution in [-0.4, -0.2) is 35.4 Å². The van der Waals surface area contributed by atoms with Crippen molar-refractivity contribution in [1.82, 2.24) is 21.5 Å². The van der Waals surface area contributed by atoms with Crippen molar-refractivity contribution in [3.63, 3.8) is 0 Å². The van der Waals surface area contributed by atoms with Gasteiger partial charge in [0.15, 0.2) is 0 Å². The molecule has 0 aliphatic carbocycles. The molecule has 0 radical (unpaired) electrons. The van der Waals surface area contributed by atoms with Gasteiger partial charge in [-0.2, -0.15) is 5.12 Å². The van der Waals surface area contributed by atoms with Crippen molar-refractivity contribution in [2.45, 2.75) is 12.1 Å². The fraction of sp³-hybridized carbons (Fsp3) is 0.158. The Morgan fingerprint density at radius 3 is 2.19 bits per heavy atom. The lowest BCUT2D eigenvalue weighted by atomic mass is 9.89. The second-order valence-corrected chi connectivity index (χ2v) is 6.22. The van der Waals surface area contributed by atoms with Gasteiger partial charge < -0.3 is 9.84 Å². The van der Waals surface area contributed by atoms with Crippen LogP contribution in [-0.2, 0) is 9.53 Å². The zero-order valence-electron chi connectivity index (χ0n) is 14.5. The SMILES string of the molecule is COC(=O)N1NNC(C(=O)O)C(c2c3ccccc3cc3ccccc23)N1. The minimum absolute atomic E-state index is 0.694. The number of aliphatic carboxylic acids is 1. The molecule has 1 saturated heterocycles. The first-order valence-corrected chi connectivity index (χ1v) is 8.39. The van der Waals surface area contributed by atoms with Crippen molar-refractivity contribution in [3.05, 3.63) is 60.2 Å². The molecule has 27 heavy (non-hydrogen) atoms. The van der Waals surface area contributed by atoms with E-state index < -0.39 is 24.1 Å². The van der Waals surface area contributed by atoms with Crippen LogP contribution in [0.15, 0.2) is 54.6 Å². The van der Waals surface area contributed by atoms with Crippen molar-refractivity contribution in [1.29, 1.82) is 0 Å². The summed E-state index contributed by atoms with van der Waals surface area (Å²) in [5.74, 6) is -1.05. The predicted molar refractivity (Wildman–Crippen MR) is 99.3 cm³/mol. The molecule has 4 N–H and O–H groups in total. The molecule has 8 heteroatoms. The number of ether oxygens (including phenoxy) is 1. The highest BCUT2D eigenvalue weighted by Crippen LogP contribution is 2.35. The Kier molecular flexibility index (Phi) is 4.36. The number of fused-ring (bicyclic) bond motifs is 2. The second-order valence-electron chi connectivity index (χ2n) is 6.22. The number of carboxylic acids is 1. The lowest BCUT2D eigenvalue weighted by molar-refractivity contribution is -0.144. The van der Waals surface area contributed by atoms with Gasteiger partial charge in [-0.25, -0.2) is 15.6 Å². The van der Waals surface area contributed by atoms with Gasteiger partial charge in [0.25, 0.3) is 0 Å². The van der Waals surface area contributed by atoms with Crippen LogP contribution in [0.1, 0.15) is 11.6 Å². The van der Waals surface area contributed by atoms with Crippen LogP contribution in [0.2, 0.25) is 0 Å². The average Bonchev–Trinajstić information content (AvgIpc) is 2.70. The Labute approximate surface area is 154 Å². The Hall–Kier alpha value is -3.20. The highest BCUT2D eigenvalue weighted by atomic mass is 16.6. The molecular weight excluding hydrogens is 348 g/mol. The first kappa shape index (κ1) is 17.2. The maximum Gasteiger partial charge on any atom is 0.440 e. The minimum atomic E-state index is -1.05. The number of amides is 1. The van der Waals surface area contributed by atoms with E-state index in [0.29, 0.717) is 0 Å². The Morgan fingerprint density at radius 1 is 1.04 bits per heavy atom. The van der Waals surface area contributed by atoms with Crippen LogP contribution in [0, 0.1) is 0 Å². The molecule has 2 atom stereocenters. The molecule has 1 heterocycles. The van der Waals surface area contributed by atoms with Crippen LogP contribution >= 0.6 is 0 Å². The first-order valence-electron chi connectivity index (χ1n) is 8.39. The Bertz CT molecular complexity index is 985. The maximum absolute atomic E-state index is 11.9. The lowest BCUT2D eigenvalue weighted by Crippen LogP contribution is -2.69. The molecule has 3 aromatic rings. The van der Waals surface area contributed by atoms with Crippen molar-refractivity contribution in [3.8, 4) is 0 Å². The maximum atomic E-state index is 11.9. The van der Waals surface area contributed by atoms with Crippen LogP contribution in [0.4, 0.5) is 4.79 Å². The number of carbonyl (C=O) groups is 2. The van der Waals surface area contributed by atoms with Crippen molar-refractivity contribution in [2.24, 2.45) is 0 Å². The van der Waals surface area contributed by atoms with Gasteiger partial charge >= 0.3 is 12.1 Å². The molecule has 0 aromatic heterocycles. The van der Waals surface area contributed by atoms with E-state index in [4.69, 9.17) is 4.74 Å². The van der Waals surface area contributed by atoms with Crippen LogP contribution in [0.25, 0.3) is 21.5 Å². The summed E-state index contributed by atoms with van der Waals surface area (Å²) in [6.45, 7) is 0. The molecule has 0 bridgehead atoms. The summed E-state index contributed by atoms with van der Waals surface area (Å²) in [5.41, 5.74) is 8.92. The van der Waals surface area contributed by atoms with E-state index in [1.54, 1.807) is 0 Å². The predicted octanol–water partition coefficient (Wildman–Crippen LogP) is 2.08. The number of carboxylic acid groups (broad SMARTS) is 1. The van der Waals surface area contributed by atoms with Crippen molar-refractivity contribution in [2.75, 3.05) is 7.11 Å². The Morgan fingerprint density at radius 2 is 1.63 bits per heavy atom. The second kappa shape index (κ2) is 6.84. The molecule has 1 amide bonds. The molecule has 8 nitrogen and oxygen atoms in total. The van der Waals surface area contributed by atoms with Crippen LogP contribution in [0.3, 0.4) is 0 Å². The molecule has 1 aliphatic rings. The number of rotatable bonds is 2. The molecule has 0 saturated carbocycles. The van der Waals surface area contributed by atoms with E-state index in [9.17, 15) is 14.7 Å². The fourth-order valence-electron chi connectivity index (χ4n) is 3.47. The molecule has 0 spiro atoms. The minimum Gasteiger partial charge on any atom is -0.480 e. The zero-order valence-corrected chi connectivity index (χ0v) is 14.5. The van der Waals surface area contributed by atoms with E-state index >= 15 is 0 Å². The molecule has 2 unspecified atom stereocenters. The quantitative estimate of drug-likeness (QED) is 0.515. The van der Waals surface area contributed by atoms with Crippen LogP contribution < -0.4 is 16.4 Å². The van der Waals surface area contributed by atoms with Gasteiger partial charge in [0.05, 0.1) is 13.2 Å². The van der Waals surface area contributed by atoms with Gasteiger partial charge in [-0.1, -0.05) is 48.5 Å². The summed E-state index contributed by atoms with van der Waals surface area (Å²) in [5, 5.41) is 14.5. The van der Waals surface area contributed by atoms with Gasteiger partial charge in [0.2, 0.25) is 0 Å². The number of hydrogen-bond donors (Lipinski definition) is 4. The first-order chi connectivity index (χ1) is 13.1. The number of nitrogens with one attached hydrogen (secondary N) is 3.